The molecule has 9 heavy (non-hydrogen) atoms. The Labute approximate surface area is 57.7 Å². The minimum absolute atomic E-state index is 0.227. The summed E-state index contributed by atoms with van der Waals surface area (Å²) < 4.78 is 0. The average Bonchev–Trinajstić information content (AvgIpc) is 1.87. The minimum Gasteiger partial charge on any atom is -0.198 e. The van der Waals surface area contributed by atoms with Crippen LogP contribution in [-0.2, 0) is 0 Å². The van der Waals surface area contributed by atoms with Crippen LogP contribution in [0.25, 0.3) is 0 Å². The van der Waals surface area contributed by atoms with Gasteiger partial charge in [0, 0.05) is 5.92 Å². The van der Waals surface area contributed by atoms with Gasteiger partial charge in [0.05, 0.1) is 6.07 Å². The van der Waals surface area contributed by atoms with Crippen LogP contribution in [0.15, 0.2) is 0 Å². The van der Waals surface area contributed by atoms with Crippen molar-refractivity contribution in [1.29, 1.82) is 5.26 Å². The fourth-order valence-corrected chi connectivity index (χ4v) is 0.833. The summed E-state index contributed by atoms with van der Waals surface area (Å²) in [6, 6.07) is 2.25. The number of nitrogens with zero attached hydrogens (tertiary/aromatic N) is 1. The molecule has 0 rings (SSSR count). The van der Waals surface area contributed by atoms with Gasteiger partial charge in [0.1, 0.15) is 0 Å². The third kappa shape index (κ3) is 3.13. The quantitative estimate of drug-likeness (QED) is 0.568. The molecule has 0 N–H and O–H groups in total. The molecule has 0 bridgehead atoms. The zero-order valence-corrected chi connectivity index (χ0v) is 6.52. The maximum absolute atomic E-state index is 8.48. The van der Waals surface area contributed by atoms with Crippen LogP contribution in [0.1, 0.15) is 33.6 Å². The largest absolute Gasteiger partial charge is 0.198 e. The van der Waals surface area contributed by atoms with Crippen molar-refractivity contribution in [3.05, 3.63) is 0 Å². The lowest BCUT2D eigenvalue weighted by Crippen LogP contribution is -2.04. The highest BCUT2D eigenvalue weighted by molar-refractivity contribution is 4.82. The molecule has 1 heteroatoms. The van der Waals surface area contributed by atoms with Crippen LogP contribution in [0.5, 0.6) is 0 Å². The van der Waals surface area contributed by atoms with Crippen LogP contribution in [-0.4, -0.2) is 0 Å². The molecule has 0 amide bonds. The van der Waals surface area contributed by atoms with Gasteiger partial charge < -0.3 is 0 Å². The second kappa shape index (κ2) is 4.38. The van der Waals surface area contributed by atoms with Gasteiger partial charge in [-0.15, -0.1) is 0 Å². The molecule has 0 aliphatic rings. The molecular formula is C8H15N. The van der Waals surface area contributed by atoms with E-state index in [1.54, 1.807) is 0 Å². The molecule has 0 heterocycles. The van der Waals surface area contributed by atoms with Gasteiger partial charge in [-0.05, 0) is 19.3 Å². The third-order valence-corrected chi connectivity index (χ3v) is 1.80. The average molecular weight is 125 g/mol. The maximum Gasteiger partial charge on any atom is 0.0655 e. The zero-order valence-electron chi connectivity index (χ0n) is 6.52. The van der Waals surface area contributed by atoms with E-state index in [4.69, 9.17) is 5.26 Å². The Balaban J connectivity index is 3.48. The van der Waals surface area contributed by atoms with Gasteiger partial charge in [0.25, 0.3) is 0 Å². The van der Waals surface area contributed by atoms with Crippen molar-refractivity contribution in [2.75, 3.05) is 0 Å². The molecule has 0 aliphatic carbocycles. The Morgan fingerprint density at radius 3 is 2.33 bits per heavy atom. The molecule has 0 aromatic carbocycles. The lowest BCUT2D eigenvalue weighted by atomic mass is 9.93. The Morgan fingerprint density at radius 1 is 1.44 bits per heavy atom. The highest BCUT2D eigenvalue weighted by atomic mass is 14.3. The van der Waals surface area contributed by atoms with E-state index < -0.39 is 0 Å². The first-order valence-corrected chi connectivity index (χ1v) is 3.62. The van der Waals surface area contributed by atoms with Gasteiger partial charge in [-0.1, -0.05) is 20.3 Å². The van der Waals surface area contributed by atoms with E-state index in [2.05, 4.69) is 19.9 Å². The topological polar surface area (TPSA) is 23.8 Å². The predicted octanol–water partition coefficient (Wildman–Crippen LogP) is 2.58. The van der Waals surface area contributed by atoms with Crippen LogP contribution in [0.3, 0.4) is 0 Å². The van der Waals surface area contributed by atoms with Gasteiger partial charge >= 0.3 is 0 Å². The molecule has 0 aromatic rings. The second-order valence-electron chi connectivity index (χ2n) is 2.68. The van der Waals surface area contributed by atoms with E-state index in [0.29, 0.717) is 5.92 Å². The van der Waals surface area contributed by atoms with Crippen molar-refractivity contribution >= 4 is 0 Å². The third-order valence-electron chi connectivity index (χ3n) is 1.80. The van der Waals surface area contributed by atoms with Gasteiger partial charge in [-0.2, -0.15) is 5.26 Å². The number of hydrogen-bond donors (Lipinski definition) is 0. The van der Waals surface area contributed by atoms with Crippen LogP contribution < -0.4 is 0 Å². The highest BCUT2D eigenvalue weighted by Crippen LogP contribution is 2.14. The monoisotopic (exact) mass is 125 g/mol. The number of nitriles is 1. The van der Waals surface area contributed by atoms with Crippen LogP contribution in [0.2, 0.25) is 0 Å². The van der Waals surface area contributed by atoms with Crippen molar-refractivity contribution in [2.24, 2.45) is 11.8 Å². The smallest absolute Gasteiger partial charge is 0.0655 e. The number of hydrogen-bond acceptors (Lipinski definition) is 1. The Kier molecular flexibility index (Phi) is 4.13. The lowest BCUT2D eigenvalue weighted by molar-refractivity contribution is 0.431. The highest BCUT2D eigenvalue weighted by Gasteiger charge is 2.08. The summed E-state index contributed by atoms with van der Waals surface area (Å²) in [5.74, 6) is 0.796. The Bertz CT molecular complexity index is 102. The molecule has 0 spiro atoms. The van der Waals surface area contributed by atoms with Crippen molar-refractivity contribution in [2.45, 2.75) is 33.6 Å². The minimum atomic E-state index is 0.227. The van der Waals surface area contributed by atoms with Crippen LogP contribution in [0.4, 0.5) is 0 Å². The van der Waals surface area contributed by atoms with E-state index in [1.807, 2.05) is 6.92 Å². The summed E-state index contributed by atoms with van der Waals surface area (Å²) in [5.41, 5.74) is 0. The van der Waals surface area contributed by atoms with Gasteiger partial charge in [-0.25, -0.2) is 0 Å². The summed E-state index contributed by atoms with van der Waals surface area (Å²) in [4.78, 5) is 0. The maximum atomic E-state index is 8.48. The molecule has 2 unspecified atom stereocenters. The summed E-state index contributed by atoms with van der Waals surface area (Å²) in [6.45, 7) is 6.28. The molecule has 0 aromatic heterocycles. The lowest BCUT2D eigenvalue weighted by Gasteiger charge is -2.10. The fraction of sp³-hybridized carbons (Fsp3) is 0.875. The van der Waals surface area contributed by atoms with E-state index in [9.17, 15) is 0 Å². The predicted molar refractivity (Wildman–Crippen MR) is 38.8 cm³/mol. The molecule has 0 radical (unpaired) electrons. The van der Waals surface area contributed by atoms with Gasteiger partial charge in [0.15, 0.2) is 0 Å². The molecule has 1 nitrogen and oxygen atoms in total. The first-order chi connectivity index (χ1) is 4.22. The van der Waals surface area contributed by atoms with Gasteiger partial charge in [-0.3, -0.25) is 0 Å². The number of rotatable bonds is 3. The molecule has 0 saturated carbocycles. The normalized spacial score (nSPS) is 16.2. The van der Waals surface area contributed by atoms with Crippen LogP contribution >= 0.6 is 0 Å². The molecule has 2 atom stereocenters. The second-order valence-corrected chi connectivity index (χ2v) is 2.68. The SMILES string of the molecule is CCCC(C)C(C)C#N. The standard InChI is InChI=1S/C8H15N/c1-4-5-7(2)8(3)6-9/h7-8H,4-5H2,1-3H3. The summed E-state index contributed by atoms with van der Waals surface area (Å²) in [6.07, 6.45) is 2.36. The Hall–Kier alpha value is -0.510. The molecule has 0 saturated heterocycles. The van der Waals surface area contributed by atoms with Crippen LogP contribution in [0, 0.1) is 23.2 Å². The molecule has 0 aliphatic heterocycles. The van der Waals surface area contributed by atoms with Gasteiger partial charge in [0.2, 0.25) is 0 Å². The van der Waals surface area contributed by atoms with Crippen molar-refractivity contribution < 1.29 is 0 Å². The molecular weight excluding hydrogens is 110 g/mol. The Morgan fingerprint density at radius 2 is 2.00 bits per heavy atom. The van der Waals surface area contributed by atoms with E-state index in [-0.39, 0.29) is 5.92 Å². The van der Waals surface area contributed by atoms with Crippen molar-refractivity contribution in [3.8, 4) is 6.07 Å². The van der Waals surface area contributed by atoms with E-state index in [0.717, 1.165) is 0 Å². The fourth-order valence-electron chi connectivity index (χ4n) is 0.833. The van der Waals surface area contributed by atoms with Crippen molar-refractivity contribution in [3.63, 3.8) is 0 Å². The summed E-state index contributed by atoms with van der Waals surface area (Å²) >= 11 is 0. The summed E-state index contributed by atoms with van der Waals surface area (Å²) in [7, 11) is 0. The van der Waals surface area contributed by atoms with E-state index in [1.165, 1.54) is 12.8 Å². The van der Waals surface area contributed by atoms with Crippen molar-refractivity contribution in [1.82, 2.24) is 0 Å². The zero-order chi connectivity index (χ0) is 7.28. The molecule has 52 valence electrons. The molecule has 0 fully saturated rings. The summed E-state index contributed by atoms with van der Waals surface area (Å²) in [5, 5.41) is 8.48. The first kappa shape index (κ1) is 8.49. The first-order valence-electron chi connectivity index (χ1n) is 3.62. The van der Waals surface area contributed by atoms with E-state index >= 15 is 0 Å².